The van der Waals surface area contributed by atoms with Gasteiger partial charge in [0.1, 0.15) is 0 Å². The van der Waals surface area contributed by atoms with E-state index in [9.17, 15) is 14.7 Å². The Kier molecular flexibility index (Phi) is 3.93. The van der Waals surface area contributed by atoms with Crippen molar-refractivity contribution in [3.8, 4) is 11.5 Å². The number of hydrogen-bond donors (Lipinski definition) is 1. The van der Waals surface area contributed by atoms with Crippen LogP contribution < -0.4 is 9.47 Å². The number of carbonyl (C=O) groups is 2. The Bertz CT molecular complexity index is 702. The van der Waals surface area contributed by atoms with Crippen molar-refractivity contribution in [2.24, 2.45) is 5.41 Å². The second-order valence-corrected chi connectivity index (χ2v) is 6.35. The summed E-state index contributed by atoms with van der Waals surface area (Å²) in [5.74, 6) is -0.0424. The number of halogens is 1. The Morgan fingerprint density at radius 2 is 2.17 bits per heavy atom. The fourth-order valence-electron chi connectivity index (χ4n) is 2.68. The fourth-order valence-corrected chi connectivity index (χ4v) is 2.95. The lowest BCUT2D eigenvalue weighted by atomic mass is 9.90. The van der Waals surface area contributed by atoms with Gasteiger partial charge < -0.3 is 19.5 Å². The van der Waals surface area contributed by atoms with Gasteiger partial charge in [-0.25, -0.2) is 0 Å². The summed E-state index contributed by atoms with van der Waals surface area (Å²) in [5.41, 5.74) is -0.154. The maximum absolute atomic E-state index is 12.2. The number of rotatable bonds is 3. The van der Waals surface area contributed by atoms with Crippen LogP contribution in [-0.2, 0) is 9.59 Å². The number of carboxylic acid groups (broad SMARTS) is 1. The number of ether oxygens (including phenoxy) is 2. The van der Waals surface area contributed by atoms with Crippen molar-refractivity contribution in [1.82, 2.24) is 4.90 Å². The summed E-state index contributed by atoms with van der Waals surface area (Å²) in [4.78, 5) is 25.0. The van der Waals surface area contributed by atoms with Crippen molar-refractivity contribution >= 4 is 29.6 Å². The quantitative estimate of drug-likeness (QED) is 0.857. The van der Waals surface area contributed by atoms with E-state index in [1.807, 2.05) is 0 Å². The van der Waals surface area contributed by atoms with Crippen LogP contribution in [0, 0.1) is 5.41 Å². The first-order chi connectivity index (χ1) is 10.9. The van der Waals surface area contributed by atoms with Crippen LogP contribution in [-0.4, -0.2) is 41.8 Å². The normalized spacial score (nSPS) is 22.8. The summed E-state index contributed by atoms with van der Waals surface area (Å²) in [6.07, 6.45) is 3.51. The van der Waals surface area contributed by atoms with Crippen LogP contribution in [0.2, 0.25) is 5.02 Å². The molecular weight excluding hydrogens is 322 g/mol. The molecule has 0 radical (unpaired) electrons. The van der Waals surface area contributed by atoms with E-state index in [4.69, 9.17) is 21.1 Å². The van der Waals surface area contributed by atoms with E-state index in [1.54, 1.807) is 30.0 Å². The van der Waals surface area contributed by atoms with Gasteiger partial charge in [-0.15, -0.1) is 0 Å². The van der Waals surface area contributed by atoms with Crippen molar-refractivity contribution in [3.63, 3.8) is 0 Å². The summed E-state index contributed by atoms with van der Waals surface area (Å²) in [7, 11) is 0. The lowest BCUT2D eigenvalue weighted by molar-refractivity contribution is -0.147. The number of nitrogens with zero attached hydrogens (tertiary/aromatic N) is 1. The minimum atomic E-state index is -0.876. The molecule has 6 nitrogen and oxygen atoms in total. The topological polar surface area (TPSA) is 76.1 Å². The molecule has 0 spiro atoms. The van der Waals surface area contributed by atoms with E-state index in [1.165, 1.54) is 6.08 Å². The van der Waals surface area contributed by atoms with Gasteiger partial charge in [-0.2, -0.15) is 0 Å². The Hall–Kier alpha value is -2.21. The first-order valence-corrected chi connectivity index (χ1v) is 7.56. The lowest BCUT2D eigenvalue weighted by Gasteiger charge is -2.18. The van der Waals surface area contributed by atoms with E-state index >= 15 is 0 Å². The molecular formula is C16H16ClNO5. The van der Waals surface area contributed by atoms with Crippen molar-refractivity contribution < 1.29 is 24.2 Å². The molecule has 122 valence electrons. The van der Waals surface area contributed by atoms with Gasteiger partial charge in [-0.1, -0.05) is 11.6 Å². The van der Waals surface area contributed by atoms with Crippen LogP contribution >= 0.6 is 11.6 Å². The zero-order valence-corrected chi connectivity index (χ0v) is 13.3. The summed E-state index contributed by atoms with van der Waals surface area (Å²) in [6.45, 7) is 2.44. The molecule has 2 aliphatic heterocycles. The molecule has 7 heteroatoms. The average molecular weight is 338 g/mol. The van der Waals surface area contributed by atoms with Crippen LogP contribution in [0.5, 0.6) is 11.5 Å². The van der Waals surface area contributed by atoms with Gasteiger partial charge in [0.25, 0.3) is 0 Å². The standard InChI is InChI=1S/C16H16ClNO5/c1-16(15(20)21)4-5-18(8-16)13(19)3-2-10-6-11(17)14-12(7-10)22-9-23-14/h2-3,6-7H,4-5,8-9H2,1H3,(H,20,21)/b3-2+. The highest BCUT2D eigenvalue weighted by molar-refractivity contribution is 6.32. The Balaban J connectivity index is 1.70. The zero-order chi connectivity index (χ0) is 16.6. The van der Waals surface area contributed by atoms with E-state index < -0.39 is 11.4 Å². The third kappa shape index (κ3) is 2.99. The van der Waals surface area contributed by atoms with E-state index in [0.29, 0.717) is 35.1 Å². The van der Waals surface area contributed by atoms with Gasteiger partial charge in [-0.3, -0.25) is 9.59 Å². The van der Waals surface area contributed by atoms with Crippen LogP contribution in [0.15, 0.2) is 18.2 Å². The third-order valence-electron chi connectivity index (χ3n) is 4.17. The molecule has 1 amide bonds. The van der Waals surface area contributed by atoms with E-state index in [2.05, 4.69) is 0 Å². The summed E-state index contributed by atoms with van der Waals surface area (Å²) in [5, 5.41) is 9.63. The van der Waals surface area contributed by atoms with Crippen molar-refractivity contribution in [2.45, 2.75) is 13.3 Å². The molecule has 0 aromatic heterocycles. The van der Waals surface area contributed by atoms with Crippen molar-refractivity contribution in [2.75, 3.05) is 19.9 Å². The molecule has 1 N–H and O–H groups in total. The minimum Gasteiger partial charge on any atom is -0.481 e. The molecule has 2 heterocycles. The molecule has 1 aromatic carbocycles. The molecule has 0 bridgehead atoms. The number of amides is 1. The number of fused-ring (bicyclic) bond motifs is 1. The second-order valence-electron chi connectivity index (χ2n) is 5.95. The number of carboxylic acids is 1. The summed E-state index contributed by atoms with van der Waals surface area (Å²) >= 11 is 6.09. The third-order valence-corrected chi connectivity index (χ3v) is 4.45. The highest BCUT2D eigenvalue weighted by atomic mass is 35.5. The highest BCUT2D eigenvalue weighted by Crippen LogP contribution is 2.40. The summed E-state index contributed by atoms with van der Waals surface area (Å²) < 4.78 is 10.5. The molecule has 1 fully saturated rings. The number of benzene rings is 1. The molecule has 0 aliphatic carbocycles. The average Bonchev–Trinajstić information content (AvgIpc) is 3.12. The lowest BCUT2D eigenvalue weighted by Crippen LogP contribution is -2.34. The molecule has 23 heavy (non-hydrogen) atoms. The Morgan fingerprint density at radius 3 is 2.87 bits per heavy atom. The number of likely N-dealkylation sites (tertiary alicyclic amines) is 1. The molecule has 3 rings (SSSR count). The van der Waals surface area contributed by atoms with Crippen molar-refractivity contribution in [3.05, 3.63) is 28.8 Å². The first-order valence-electron chi connectivity index (χ1n) is 7.18. The fraction of sp³-hybridized carbons (Fsp3) is 0.375. The van der Waals surface area contributed by atoms with E-state index in [-0.39, 0.29) is 19.2 Å². The molecule has 1 unspecified atom stereocenters. The van der Waals surface area contributed by atoms with Gasteiger partial charge in [0.15, 0.2) is 11.5 Å². The first kappa shape index (κ1) is 15.7. The minimum absolute atomic E-state index is 0.128. The number of aliphatic carboxylic acids is 1. The van der Waals surface area contributed by atoms with Gasteiger partial charge in [0, 0.05) is 19.2 Å². The number of hydrogen-bond acceptors (Lipinski definition) is 4. The Morgan fingerprint density at radius 1 is 1.39 bits per heavy atom. The molecule has 1 aromatic rings. The maximum Gasteiger partial charge on any atom is 0.311 e. The zero-order valence-electron chi connectivity index (χ0n) is 12.5. The van der Waals surface area contributed by atoms with Gasteiger partial charge in [0.05, 0.1) is 10.4 Å². The maximum atomic E-state index is 12.2. The molecule has 2 aliphatic rings. The largest absolute Gasteiger partial charge is 0.481 e. The van der Waals surface area contributed by atoms with Crippen LogP contribution in [0.1, 0.15) is 18.9 Å². The smallest absolute Gasteiger partial charge is 0.311 e. The van der Waals surface area contributed by atoms with Crippen LogP contribution in [0.25, 0.3) is 6.08 Å². The van der Waals surface area contributed by atoms with Crippen molar-refractivity contribution in [1.29, 1.82) is 0 Å². The van der Waals surface area contributed by atoms with Gasteiger partial charge in [0.2, 0.25) is 12.7 Å². The monoisotopic (exact) mass is 337 g/mol. The second kappa shape index (κ2) is 5.77. The highest BCUT2D eigenvalue weighted by Gasteiger charge is 2.41. The SMILES string of the molecule is CC1(C(=O)O)CCN(C(=O)/C=C/c2cc(Cl)c3c(c2)OCO3)C1. The van der Waals surface area contributed by atoms with Gasteiger partial charge in [-0.05, 0) is 37.1 Å². The number of carbonyl (C=O) groups excluding carboxylic acids is 1. The van der Waals surface area contributed by atoms with E-state index in [0.717, 1.165) is 0 Å². The molecule has 1 saturated heterocycles. The Labute approximate surface area is 138 Å². The summed E-state index contributed by atoms with van der Waals surface area (Å²) in [6, 6.07) is 3.42. The predicted octanol–water partition coefficient (Wildman–Crippen LogP) is 2.41. The van der Waals surface area contributed by atoms with Crippen LogP contribution in [0.4, 0.5) is 0 Å². The van der Waals surface area contributed by atoms with Gasteiger partial charge >= 0.3 is 5.97 Å². The molecule has 1 atom stereocenters. The molecule has 0 saturated carbocycles. The van der Waals surface area contributed by atoms with Crippen LogP contribution in [0.3, 0.4) is 0 Å². The predicted molar refractivity (Wildman–Crippen MR) is 83.5 cm³/mol.